The fraction of sp³-hybridized carbons (Fsp3) is 0.444. The van der Waals surface area contributed by atoms with Gasteiger partial charge in [0.25, 0.3) is 0 Å². The van der Waals surface area contributed by atoms with Gasteiger partial charge >= 0.3 is 0 Å². The maximum absolute atomic E-state index is 12.0. The summed E-state index contributed by atoms with van der Waals surface area (Å²) in [7, 11) is 0. The van der Waals surface area contributed by atoms with Crippen LogP contribution in [0.2, 0.25) is 0 Å². The van der Waals surface area contributed by atoms with E-state index >= 15 is 0 Å². The highest BCUT2D eigenvalue weighted by Gasteiger charge is 2.18. The number of carbonyl (C=O) groups excluding carboxylic acids is 2. The summed E-state index contributed by atoms with van der Waals surface area (Å²) in [6.45, 7) is 5.78. The third-order valence-corrected chi connectivity index (χ3v) is 6.45. The lowest BCUT2D eigenvalue weighted by Crippen LogP contribution is -2.39. The van der Waals surface area contributed by atoms with E-state index in [4.69, 9.17) is 0 Å². The second kappa shape index (κ2) is 9.18. The Hall–Kier alpha value is -2.13. The van der Waals surface area contributed by atoms with Gasteiger partial charge in [-0.15, -0.1) is 10.2 Å². The topological polar surface area (TPSA) is 87.2 Å². The normalized spacial score (nSPS) is 13.6. The van der Waals surface area contributed by atoms with Gasteiger partial charge in [-0.25, -0.2) is 0 Å². The van der Waals surface area contributed by atoms with Crippen LogP contribution in [0.3, 0.4) is 0 Å². The zero-order valence-corrected chi connectivity index (χ0v) is 17.1. The molecule has 0 unspecified atom stereocenters. The number of amides is 2. The van der Waals surface area contributed by atoms with E-state index in [0.717, 1.165) is 31.6 Å². The van der Waals surface area contributed by atoms with Crippen molar-refractivity contribution >= 4 is 45.7 Å². The van der Waals surface area contributed by atoms with Crippen LogP contribution in [0.4, 0.5) is 10.8 Å². The second-order valence-corrected chi connectivity index (χ2v) is 8.60. The van der Waals surface area contributed by atoms with Crippen LogP contribution in [0.5, 0.6) is 0 Å². The molecule has 1 saturated heterocycles. The molecule has 2 N–H and O–H groups in total. The van der Waals surface area contributed by atoms with Crippen LogP contribution < -0.4 is 10.6 Å². The van der Waals surface area contributed by atoms with Crippen LogP contribution in [0.25, 0.3) is 0 Å². The molecule has 0 radical (unpaired) electrons. The van der Waals surface area contributed by atoms with Crippen molar-refractivity contribution in [3.05, 3.63) is 29.3 Å². The monoisotopic (exact) mass is 405 g/mol. The summed E-state index contributed by atoms with van der Waals surface area (Å²) < 4.78 is 0.712. The molecule has 1 aromatic heterocycles. The number of rotatable bonds is 7. The van der Waals surface area contributed by atoms with E-state index in [2.05, 4.69) is 40.7 Å². The van der Waals surface area contributed by atoms with Gasteiger partial charge in [0.15, 0.2) is 4.34 Å². The van der Waals surface area contributed by atoms with Gasteiger partial charge in [-0.2, -0.15) is 0 Å². The van der Waals surface area contributed by atoms with Crippen molar-refractivity contribution in [1.82, 2.24) is 20.4 Å². The zero-order chi connectivity index (χ0) is 19.2. The molecule has 0 saturated carbocycles. The summed E-state index contributed by atoms with van der Waals surface area (Å²) in [6, 6.07) is 6.06. The average Bonchev–Trinajstić information content (AvgIpc) is 3.34. The Morgan fingerprint density at radius 2 is 2.00 bits per heavy atom. The smallest absolute Gasteiger partial charge is 0.241 e. The molecule has 1 aliphatic heterocycles. The number of benzene rings is 1. The predicted molar refractivity (Wildman–Crippen MR) is 109 cm³/mol. The number of hydrogen-bond donors (Lipinski definition) is 2. The van der Waals surface area contributed by atoms with Gasteiger partial charge in [-0.3, -0.25) is 9.59 Å². The number of likely N-dealkylation sites (tertiary alicyclic amines) is 1. The highest BCUT2D eigenvalue weighted by Crippen LogP contribution is 2.29. The van der Waals surface area contributed by atoms with Gasteiger partial charge in [-0.05, 0) is 43.9 Å². The minimum Gasteiger partial charge on any atom is -0.346 e. The van der Waals surface area contributed by atoms with Gasteiger partial charge in [-0.1, -0.05) is 35.2 Å². The van der Waals surface area contributed by atoms with Gasteiger partial charge in [0.05, 0.1) is 12.3 Å². The van der Waals surface area contributed by atoms with Crippen molar-refractivity contribution in [3.8, 4) is 0 Å². The maximum Gasteiger partial charge on any atom is 0.241 e. The van der Waals surface area contributed by atoms with Crippen molar-refractivity contribution in [2.45, 2.75) is 31.0 Å². The minimum atomic E-state index is -0.174. The first-order valence-electron chi connectivity index (χ1n) is 8.87. The summed E-state index contributed by atoms with van der Waals surface area (Å²) in [6.07, 6.45) is 2.09. The molecular weight excluding hydrogens is 382 g/mol. The Morgan fingerprint density at radius 1 is 1.22 bits per heavy atom. The SMILES string of the molecule is Cc1cccc(Nc2nnc(SCC(=O)NCC(=O)N3CCCC3)s2)c1C. The number of hydrogen-bond acceptors (Lipinski definition) is 7. The molecule has 7 nitrogen and oxygen atoms in total. The number of nitrogens with one attached hydrogen (secondary N) is 2. The van der Waals surface area contributed by atoms with Gasteiger partial charge < -0.3 is 15.5 Å². The van der Waals surface area contributed by atoms with Crippen LogP contribution >= 0.6 is 23.1 Å². The lowest BCUT2D eigenvalue weighted by Gasteiger charge is -2.15. The fourth-order valence-corrected chi connectivity index (χ4v) is 4.35. The van der Waals surface area contributed by atoms with E-state index in [0.29, 0.717) is 9.47 Å². The fourth-order valence-electron chi connectivity index (χ4n) is 2.75. The van der Waals surface area contributed by atoms with E-state index in [1.165, 1.54) is 34.2 Å². The molecule has 0 spiro atoms. The molecular formula is C18H23N5O2S2. The Labute approximate surface area is 166 Å². The molecule has 3 rings (SSSR count). The van der Waals surface area contributed by atoms with E-state index in [9.17, 15) is 9.59 Å². The quantitative estimate of drug-likeness (QED) is 0.689. The first-order valence-corrected chi connectivity index (χ1v) is 10.7. The minimum absolute atomic E-state index is 0.0122. The lowest BCUT2D eigenvalue weighted by atomic mass is 10.1. The molecule has 2 heterocycles. The van der Waals surface area contributed by atoms with Crippen LogP contribution in [0, 0.1) is 13.8 Å². The Kier molecular flexibility index (Phi) is 6.68. The van der Waals surface area contributed by atoms with Crippen molar-refractivity contribution in [2.24, 2.45) is 0 Å². The largest absolute Gasteiger partial charge is 0.346 e. The summed E-state index contributed by atoms with van der Waals surface area (Å²) in [5.74, 6) is 0.0272. The number of nitrogens with zero attached hydrogens (tertiary/aromatic N) is 3. The van der Waals surface area contributed by atoms with Crippen LogP contribution in [0.1, 0.15) is 24.0 Å². The number of aryl methyl sites for hydroxylation is 1. The molecule has 1 fully saturated rings. The average molecular weight is 406 g/mol. The van der Waals surface area contributed by atoms with E-state index in [-0.39, 0.29) is 24.1 Å². The maximum atomic E-state index is 12.0. The number of aromatic nitrogens is 2. The first kappa shape index (κ1) is 19.6. The molecule has 0 bridgehead atoms. The van der Waals surface area contributed by atoms with Crippen molar-refractivity contribution < 1.29 is 9.59 Å². The standard InChI is InChI=1S/C18H23N5O2S2/c1-12-6-5-7-14(13(12)2)20-17-21-22-18(27-17)26-11-15(24)19-10-16(25)23-8-3-4-9-23/h5-7H,3-4,8-11H2,1-2H3,(H,19,24)(H,20,21). The van der Waals surface area contributed by atoms with Crippen LogP contribution in [-0.2, 0) is 9.59 Å². The van der Waals surface area contributed by atoms with Crippen LogP contribution in [0.15, 0.2) is 22.5 Å². The summed E-state index contributed by atoms with van der Waals surface area (Å²) >= 11 is 2.72. The zero-order valence-electron chi connectivity index (χ0n) is 15.4. The van der Waals surface area contributed by atoms with Gasteiger partial charge in [0.1, 0.15) is 0 Å². The number of carbonyl (C=O) groups is 2. The molecule has 2 amide bonds. The molecule has 1 aromatic carbocycles. The van der Waals surface area contributed by atoms with Crippen molar-refractivity contribution in [2.75, 3.05) is 30.7 Å². The third kappa shape index (κ3) is 5.43. The summed E-state index contributed by atoms with van der Waals surface area (Å²) in [5.41, 5.74) is 3.38. The van der Waals surface area contributed by atoms with E-state index in [1.54, 1.807) is 4.90 Å². The van der Waals surface area contributed by atoms with Crippen LogP contribution in [-0.4, -0.2) is 52.3 Å². The van der Waals surface area contributed by atoms with Crippen molar-refractivity contribution in [1.29, 1.82) is 0 Å². The molecule has 9 heteroatoms. The number of thioether (sulfide) groups is 1. The Bertz CT molecular complexity index is 818. The summed E-state index contributed by atoms with van der Waals surface area (Å²) in [4.78, 5) is 25.7. The van der Waals surface area contributed by atoms with Gasteiger partial charge in [0, 0.05) is 18.8 Å². The highest BCUT2D eigenvalue weighted by molar-refractivity contribution is 8.01. The summed E-state index contributed by atoms with van der Waals surface area (Å²) in [5, 5.41) is 14.9. The Balaban J connectivity index is 1.44. The second-order valence-electron chi connectivity index (χ2n) is 6.40. The molecule has 144 valence electrons. The van der Waals surface area contributed by atoms with E-state index < -0.39 is 0 Å². The molecule has 2 aromatic rings. The first-order chi connectivity index (χ1) is 13.0. The molecule has 27 heavy (non-hydrogen) atoms. The lowest BCUT2D eigenvalue weighted by molar-refractivity contribution is -0.131. The van der Waals surface area contributed by atoms with Crippen molar-refractivity contribution in [3.63, 3.8) is 0 Å². The molecule has 0 aliphatic carbocycles. The number of anilines is 2. The molecule has 1 aliphatic rings. The Morgan fingerprint density at radius 3 is 2.78 bits per heavy atom. The van der Waals surface area contributed by atoms with E-state index in [1.807, 2.05) is 12.1 Å². The third-order valence-electron chi connectivity index (χ3n) is 4.47. The molecule has 0 atom stereocenters. The van der Waals surface area contributed by atoms with Gasteiger partial charge in [0.2, 0.25) is 16.9 Å². The highest BCUT2D eigenvalue weighted by atomic mass is 32.2. The predicted octanol–water partition coefficient (Wildman–Crippen LogP) is 2.73.